The molecule has 0 heterocycles. The summed E-state index contributed by atoms with van der Waals surface area (Å²) in [6, 6.07) is 14.2. The highest BCUT2D eigenvalue weighted by atomic mass is 35.5. The smallest absolute Gasteiger partial charge is 0.251 e. The Morgan fingerprint density at radius 2 is 1.73 bits per heavy atom. The average molecular weight is 336 g/mol. The summed E-state index contributed by atoms with van der Waals surface area (Å²) in [6.07, 6.45) is 2.40. The maximum atomic E-state index is 12.3. The molecule has 0 spiro atoms. The first-order valence-corrected chi connectivity index (χ1v) is 8.94. The fourth-order valence-corrected chi connectivity index (χ4v) is 2.80. The Morgan fingerprint density at radius 1 is 1.14 bits per heavy atom. The van der Waals surface area contributed by atoms with Crippen LogP contribution in [0, 0.1) is 0 Å². The first-order valence-electron chi connectivity index (χ1n) is 7.01. The van der Waals surface area contributed by atoms with E-state index in [0.717, 1.165) is 12.0 Å². The summed E-state index contributed by atoms with van der Waals surface area (Å²) in [5.74, 6) is -0.143. The number of hydrogen-bond donors (Lipinski definition) is 1. The van der Waals surface area contributed by atoms with Gasteiger partial charge in [-0.3, -0.25) is 9.00 Å². The Morgan fingerprint density at radius 3 is 2.23 bits per heavy atom. The van der Waals surface area contributed by atoms with E-state index >= 15 is 0 Å². The Hall–Kier alpha value is -1.65. The van der Waals surface area contributed by atoms with Crippen LogP contribution in [0.3, 0.4) is 0 Å². The molecule has 1 N–H and O–H groups in total. The van der Waals surface area contributed by atoms with E-state index in [1.165, 1.54) is 0 Å². The van der Waals surface area contributed by atoms with Crippen LogP contribution >= 0.6 is 11.6 Å². The van der Waals surface area contributed by atoms with Crippen molar-refractivity contribution in [3.05, 3.63) is 64.7 Å². The van der Waals surface area contributed by atoms with Gasteiger partial charge in [-0.25, -0.2) is 0 Å². The second kappa shape index (κ2) is 7.56. The minimum atomic E-state index is -1.04. The molecule has 0 aliphatic carbocycles. The number of rotatable bonds is 5. The predicted octanol–water partition coefficient (Wildman–Crippen LogP) is 3.96. The van der Waals surface area contributed by atoms with E-state index in [-0.39, 0.29) is 11.9 Å². The summed E-state index contributed by atoms with van der Waals surface area (Å²) < 4.78 is 11.4. The first-order chi connectivity index (χ1) is 10.5. The Labute approximate surface area is 138 Å². The van der Waals surface area contributed by atoms with Gasteiger partial charge in [-0.1, -0.05) is 30.7 Å². The fourth-order valence-electron chi connectivity index (χ4n) is 2.16. The van der Waals surface area contributed by atoms with Gasteiger partial charge in [-0.05, 0) is 48.4 Å². The molecule has 0 aliphatic heterocycles. The summed E-state index contributed by atoms with van der Waals surface area (Å²) in [5.41, 5.74) is 1.58. The summed E-state index contributed by atoms with van der Waals surface area (Å²) in [6.45, 7) is 2.02. The number of benzene rings is 2. The molecule has 2 rings (SSSR count). The zero-order valence-electron chi connectivity index (χ0n) is 12.5. The normalized spacial score (nSPS) is 13.4. The second-order valence-corrected chi connectivity index (χ2v) is 6.78. The minimum Gasteiger partial charge on any atom is -0.345 e. The van der Waals surface area contributed by atoms with Gasteiger partial charge in [0.05, 0.1) is 6.04 Å². The number of carbonyl (C=O) groups excluding carboxylic acids is 1. The van der Waals surface area contributed by atoms with Crippen molar-refractivity contribution < 1.29 is 9.00 Å². The maximum Gasteiger partial charge on any atom is 0.251 e. The van der Waals surface area contributed by atoms with Crippen molar-refractivity contribution in [3.63, 3.8) is 0 Å². The van der Waals surface area contributed by atoms with Crippen LogP contribution in [0.15, 0.2) is 53.4 Å². The number of amides is 1. The van der Waals surface area contributed by atoms with Crippen molar-refractivity contribution in [2.45, 2.75) is 24.3 Å². The van der Waals surface area contributed by atoms with Crippen LogP contribution in [-0.4, -0.2) is 16.4 Å². The molecule has 0 fully saturated rings. The van der Waals surface area contributed by atoms with Crippen molar-refractivity contribution >= 4 is 28.3 Å². The van der Waals surface area contributed by atoms with Crippen LogP contribution in [0.25, 0.3) is 0 Å². The molecule has 0 aromatic heterocycles. The number of nitrogens with one attached hydrogen (secondary N) is 1. The van der Waals surface area contributed by atoms with Crippen LogP contribution in [0.1, 0.15) is 35.3 Å². The molecule has 2 unspecified atom stereocenters. The van der Waals surface area contributed by atoms with E-state index in [2.05, 4.69) is 5.32 Å². The lowest BCUT2D eigenvalue weighted by Crippen LogP contribution is -2.28. The van der Waals surface area contributed by atoms with Gasteiger partial charge < -0.3 is 5.32 Å². The zero-order chi connectivity index (χ0) is 16.1. The number of halogens is 1. The third-order valence-corrected chi connectivity index (χ3v) is 4.62. The quantitative estimate of drug-likeness (QED) is 0.899. The predicted molar refractivity (Wildman–Crippen MR) is 90.7 cm³/mol. The minimum absolute atomic E-state index is 0.0650. The van der Waals surface area contributed by atoms with E-state index in [1.807, 2.05) is 31.2 Å². The molecule has 2 atom stereocenters. The molecule has 2 aromatic rings. The van der Waals surface area contributed by atoms with Gasteiger partial charge in [0, 0.05) is 32.5 Å². The summed E-state index contributed by atoms with van der Waals surface area (Å²) >= 11 is 5.89. The molecular weight excluding hydrogens is 318 g/mol. The van der Waals surface area contributed by atoms with Gasteiger partial charge in [0.1, 0.15) is 0 Å². The van der Waals surface area contributed by atoms with E-state index in [4.69, 9.17) is 11.6 Å². The molecule has 0 saturated heterocycles. The molecule has 0 radical (unpaired) electrons. The highest BCUT2D eigenvalue weighted by Gasteiger charge is 2.14. The topological polar surface area (TPSA) is 46.2 Å². The lowest BCUT2D eigenvalue weighted by molar-refractivity contribution is 0.0935. The lowest BCUT2D eigenvalue weighted by Gasteiger charge is -2.17. The lowest BCUT2D eigenvalue weighted by atomic mass is 10.0. The Balaban J connectivity index is 2.11. The van der Waals surface area contributed by atoms with Crippen LogP contribution in [0.5, 0.6) is 0 Å². The van der Waals surface area contributed by atoms with Crippen LogP contribution in [0.2, 0.25) is 5.02 Å². The third kappa shape index (κ3) is 4.18. The molecule has 5 heteroatoms. The van der Waals surface area contributed by atoms with Gasteiger partial charge in [0.15, 0.2) is 0 Å². The molecule has 0 bridgehead atoms. The molecule has 0 aliphatic rings. The van der Waals surface area contributed by atoms with Crippen LogP contribution in [-0.2, 0) is 10.8 Å². The van der Waals surface area contributed by atoms with Gasteiger partial charge in [0.25, 0.3) is 5.91 Å². The summed E-state index contributed by atoms with van der Waals surface area (Å²) in [4.78, 5) is 13.0. The van der Waals surface area contributed by atoms with E-state index in [9.17, 15) is 9.00 Å². The highest BCUT2D eigenvalue weighted by Crippen LogP contribution is 2.20. The van der Waals surface area contributed by atoms with Crippen molar-refractivity contribution in [2.24, 2.45) is 0 Å². The van der Waals surface area contributed by atoms with Crippen molar-refractivity contribution in [1.82, 2.24) is 5.32 Å². The van der Waals surface area contributed by atoms with Gasteiger partial charge in [-0.15, -0.1) is 0 Å². The standard InChI is InChI=1S/C17H18ClNO2S/c1-3-16(12-4-8-14(18)9-5-12)19-17(20)13-6-10-15(11-7-13)22(2)21/h4-11,16H,3H2,1-2H3,(H,19,20). The molecule has 3 nitrogen and oxygen atoms in total. The SMILES string of the molecule is CCC(NC(=O)c1ccc(S(C)=O)cc1)c1ccc(Cl)cc1. The third-order valence-electron chi connectivity index (χ3n) is 3.43. The summed E-state index contributed by atoms with van der Waals surface area (Å²) in [5, 5.41) is 3.68. The van der Waals surface area contributed by atoms with E-state index in [0.29, 0.717) is 15.5 Å². The molecule has 116 valence electrons. The van der Waals surface area contributed by atoms with E-state index in [1.54, 1.807) is 30.5 Å². The highest BCUT2D eigenvalue weighted by molar-refractivity contribution is 7.84. The second-order valence-electron chi connectivity index (χ2n) is 4.96. The maximum absolute atomic E-state index is 12.3. The average Bonchev–Trinajstić information content (AvgIpc) is 2.53. The first kappa shape index (κ1) is 16.7. The molecule has 0 saturated carbocycles. The molecule has 2 aromatic carbocycles. The van der Waals surface area contributed by atoms with Gasteiger partial charge in [0.2, 0.25) is 0 Å². The van der Waals surface area contributed by atoms with Crippen LogP contribution < -0.4 is 5.32 Å². The number of carbonyl (C=O) groups is 1. The largest absolute Gasteiger partial charge is 0.345 e. The van der Waals surface area contributed by atoms with Gasteiger partial charge >= 0.3 is 0 Å². The number of hydrogen-bond acceptors (Lipinski definition) is 2. The Kier molecular flexibility index (Phi) is 5.75. The Bertz CT molecular complexity index is 668. The molecule has 22 heavy (non-hydrogen) atoms. The zero-order valence-corrected chi connectivity index (χ0v) is 14.1. The molecular formula is C17H18ClNO2S. The van der Waals surface area contributed by atoms with E-state index < -0.39 is 10.8 Å². The molecule has 1 amide bonds. The fraction of sp³-hybridized carbons (Fsp3) is 0.235. The van der Waals surface area contributed by atoms with Crippen molar-refractivity contribution in [3.8, 4) is 0 Å². The van der Waals surface area contributed by atoms with Crippen molar-refractivity contribution in [2.75, 3.05) is 6.26 Å². The van der Waals surface area contributed by atoms with Crippen LogP contribution in [0.4, 0.5) is 0 Å². The summed E-state index contributed by atoms with van der Waals surface area (Å²) in [7, 11) is -1.04. The van der Waals surface area contributed by atoms with Crippen molar-refractivity contribution in [1.29, 1.82) is 0 Å². The van der Waals surface area contributed by atoms with Gasteiger partial charge in [-0.2, -0.15) is 0 Å². The monoisotopic (exact) mass is 335 g/mol.